The highest BCUT2D eigenvalue weighted by Crippen LogP contribution is 2.30. The number of aryl methyl sites for hydroxylation is 3. The molecule has 0 aliphatic carbocycles. The Kier molecular flexibility index (Phi) is 4.95. The maximum atomic E-state index is 4.86. The summed E-state index contributed by atoms with van der Waals surface area (Å²) >= 11 is 1.82. The first-order valence-corrected chi connectivity index (χ1v) is 8.12. The van der Waals surface area contributed by atoms with Crippen molar-refractivity contribution >= 4 is 11.3 Å². The van der Waals surface area contributed by atoms with Crippen LogP contribution in [0.3, 0.4) is 0 Å². The van der Waals surface area contributed by atoms with Gasteiger partial charge < -0.3 is 5.32 Å². The molecule has 1 N–H and O–H groups in total. The summed E-state index contributed by atoms with van der Waals surface area (Å²) in [5, 5.41) is 4.85. The molecular formula is C17H24N2S. The molecule has 1 aromatic heterocycles. The summed E-state index contributed by atoms with van der Waals surface area (Å²) in [5.74, 6) is 0. The van der Waals surface area contributed by atoms with Crippen molar-refractivity contribution in [3.05, 3.63) is 51.0 Å². The van der Waals surface area contributed by atoms with Crippen LogP contribution in [0.25, 0.3) is 0 Å². The lowest BCUT2D eigenvalue weighted by Gasteiger charge is -2.21. The minimum absolute atomic E-state index is 0.195. The zero-order valence-corrected chi connectivity index (χ0v) is 13.8. The second-order valence-corrected chi connectivity index (χ2v) is 6.75. The molecule has 3 heteroatoms. The molecule has 0 saturated carbocycles. The van der Waals surface area contributed by atoms with Gasteiger partial charge in [-0.05, 0) is 45.2 Å². The Bertz CT molecular complexity index is 572. The summed E-state index contributed by atoms with van der Waals surface area (Å²) < 4.78 is 0. The third-order valence-corrected chi connectivity index (χ3v) is 4.57. The molecule has 1 atom stereocenters. The van der Waals surface area contributed by atoms with Gasteiger partial charge >= 0.3 is 0 Å². The highest BCUT2D eigenvalue weighted by Gasteiger charge is 2.21. The van der Waals surface area contributed by atoms with E-state index < -0.39 is 0 Å². The van der Waals surface area contributed by atoms with Gasteiger partial charge in [-0.15, -0.1) is 11.3 Å². The number of hydrogen-bond acceptors (Lipinski definition) is 3. The number of nitrogens with zero attached hydrogens (tertiary/aromatic N) is 1. The van der Waals surface area contributed by atoms with E-state index in [2.05, 4.69) is 64.2 Å². The van der Waals surface area contributed by atoms with Gasteiger partial charge in [0, 0.05) is 10.9 Å². The molecule has 2 rings (SSSR count). The minimum atomic E-state index is 0.195. The number of rotatable bonds is 5. The Morgan fingerprint density at radius 2 is 1.90 bits per heavy atom. The van der Waals surface area contributed by atoms with E-state index in [-0.39, 0.29) is 6.04 Å². The monoisotopic (exact) mass is 288 g/mol. The van der Waals surface area contributed by atoms with Crippen LogP contribution in [-0.2, 0) is 6.42 Å². The Labute approximate surface area is 126 Å². The maximum absolute atomic E-state index is 4.86. The number of aromatic nitrogens is 1. The van der Waals surface area contributed by atoms with Gasteiger partial charge in [-0.25, -0.2) is 4.98 Å². The van der Waals surface area contributed by atoms with E-state index in [4.69, 9.17) is 4.98 Å². The first-order valence-electron chi connectivity index (χ1n) is 7.30. The third kappa shape index (κ3) is 3.28. The van der Waals surface area contributed by atoms with Crippen LogP contribution < -0.4 is 5.32 Å². The van der Waals surface area contributed by atoms with Crippen molar-refractivity contribution in [2.45, 2.75) is 53.1 Å². The van der Waals surface area contributed by atoms with Gasteiger partial charge in [-0.1, -0.05) is 31.2 Å². The molecule has 0 amide bonds. The van der Waals surface area contributed by atoms with Gasteiger partial charge in [0.1, 0.15) is 5.01 Å². The van der Waals surface area contributed by atoms with Crippen LogP contribution in [0.4, 0.5) is 0 Å². The van der Waals surface area contributed by atoms with E-state index in [1.165, 1.54) is 26.7 Å². The van der Waals surface area contributed by atoms with Gasteiger partial charge in [0.2, 0.25) is 0 Å². The summed E-state index contributed by atoms with van der Waals surface area (Å²) in [4.78, 5) is 6.19. The largest absolute Gasteiger partial charge is 0.302 e. The van der Waals surface area contributed by atoms with Crippen molar-refractivity contribution in [2.24, 2.45) is 0 Å². The second kappa shape index (κ2) is 6.51. The number of thiazole rings is 1. The smallest absolute Gasteiger partial charge is 0.115 e. The standard InChI is InChI=1S/C17H24N2S/c1-6-15-13(5)20-17(19-15)16(18-11(2)3)14-10-8-7-9-12(14)4/h7-11,16,18H,6H2,1-5H3. The lowest BCUT2D eigenvalue weighted by Crippen LogP contribution is -2.29. The summed E-state index contributed by atoms with van der Waals surface area (Å²) in [6.45, 7) is 10.9. The first kappa shape index (κ1) is 15.2. The molecule has 0 fully saturated rings. The Morgan fingerprint density at radius 1 is 1.20 bits per heavy atom. The van der Waals surface area contributed by atoms with E-state index in [1.54, 1.807) is 0 Å². The summed E-state index contributed by atoms with van der Waals surface area (Å²) in [5.41, 5.74) is 3.88. The molecule has 1 heterocycles. The van der Waals surface area contributed by atoms with Crippen molar-refractivity contribution in [3.63, 3.8) is 0 Å². The summed E-state index contributed by atoms with van der Waals surface area (Å²) in [6, 6.07) is 9.20. The van der Waals surface area contributed by atoms with E-state index in [1.807, 2.05) is 11.3 Å². The fourth-order valence-electron chi connectivity index (χ4n) is 2.44. The molecule has 108 valence electrons. The van der Waals surface area contributed by atoms with Gasteiger partial charge in [-0.2, -0.15) is 0 Å². The first-order chi connectivity index (χ1) is 9.52. The van der Waals surface area contributed by atoms with E-state index in [0.29, 0.717) is 6.04 Å². The zero-order valence-electron chi connectivity index (χ0n) is 13.0. The summed E-state index contributed by atoms with van der Waals surface area (Å²) in [7, 11) is 0. The molecule has 0 aliphatic rings. The van der Waals surface area contributed by atoms with Gasteiger partial charge in [-0.3, -0.25) is 0 Å². The molecule has 0 aliphatic heterocycles. The maximum Gasteiger partial charge on any atom is 0.115 e. The summed E-state index contributed by atoms with van der Waals surface area (Å²) in [6.07, 6.45) is 1.00. The molecule has 0 saturated heterocycles. The Morgan fingerprint density at radius 3 is 2.45 bits per heavy atom. The fraction of sp³-hybridized carbons (Fsp3) is 0.471. The van der Waals surface area contributed by atoms with Gasteiger partial charge in [0.25, 0.3) is 0 Å². The van der Waals surface area contributed by atoms with Crippen molar-refractivity contribution < 1.29 is 0 Å². The molecule has 0 spiro atoms. The number of hydrogen-bond donors (Lipinski definition) is 1. The predicted octanol–water partition coefficient (Wildman–Crippen LogP) is 4.41. The van der Waals surface area contributed by atoms with Crippen molar-refractivity contribution in [1.29, 1.82) is 0 Å². The van der Waals surface area contributed by atoms with Gasteiger partial charge in [0.15, 0.2) is 0 Å². The van der Waals surface area contributed by atoms with E-state index >= 15 is 0 Å². The van der Waals surface area contributed by atoms with Crippen LogP contribution >= 0.6 is 11.3 Å². The molecule has 2 aromatic rings. The molecule has 0 radical (unpaired) electrons. The molecule has 1 aromatic carbocycles. The minimum Gasteiger partial charge on any atom is -0.302 e. The van der Waals surface area contributed by atoms with Crippen LogP contribution in [-0.4, -0.2) is 11.0 Å². The zero-order chi connectivity index (χ0) is 14.7. The van der Waals surface area contributed by atoms with Crippen LogP contribution in [0.2, 0.25) is 0 Å². The normalized spacial score (nSPS) is 12.9. The lowest BCUT2D eigenvalue weighted by atomic mass is 10.0. The molecule has 20 heavy (non-hydrogen) atoms. The Hall–Kier alpha value is -1.19. The quantitative estimate of drug-likeness (QED) is 0.881. The second-order valence-electron chi connectivity index (χ2n) is 5.52. The highest BCUT2D eigenvalue weighted by atomic mass is 32.1. The lowest BCUT2D eigenvalue weighted by molar-refractivity contribution is 0.525. The number of benzene rings is 1. The van der Waals surface area contributed by atoms with Crippen LogP contribution in [0.1, 0.15) is 53.5 Å². The van der Waals surface area contributed by atoms with Crippen LogP contribution in [0, 0.1) is 13.8 Å². The average Bonchev–Trinajstić information content (AvgIpc) is 2.78. The highest BCUT2D eigenvalue weighted by molar-refractivity contribution is 7.11. The third-order valence-electron chi connectivity index (χ3n) is 3.49. The van der Waals surface area contributed by atoms with E-state index in [0.717, 1.165) is 6.42 Å². The topological polar surface area (TPSA) is 24.9 Å². The van der Waals surface area contributed by atoms with Gasteiger partial charge in [0.05, 0.1) is 11.7 Å². The van der Waals surface area contributed by atoms with Crippen molar-refractivity contribution in [1.82, 2.24) is 10.3 Å². The molecular weight excluding hydrogens is 264 g/mol. The molecule has 0 bridgehead atoms. The van der Waals surface area contributed by atoms with Crippen LogP contribution in [0.5, 0.6) is 0 Å². The fourth-order valence-corrected chi connectivity index (χ4v) is 3.53. The molecule has 1 unspecified atom stereocenters. The Balaban J connectivity index is 2.44. The van der Waals surface area contributed by atoms with Crippen molar-refractivity contribution in [2.75, 3.05) is 0 Å². The predicted molar refractivity (Wildman–Crippen MR) is 87.5 cm³/mol. The number of nitrogens with one attached hydrogen (secondary N) is 1. The van der Waals surface area contributed by atoms with Crippen molar-refractivity contribution in [3.8, 4) is 0 Å². The van der Waals surface area contributed by atoms with Crippen LogP contribution in [0.15, 0.2) is 24.3 Å². The van der Waals surface area contributed by atoms with E-state index in [9.17, 15) is 0 Å². The molecule has 2 nitrogen and oxygen atoms in total. The average molecular weight is 288 g/mol. The SMILES string of the molecule is CCc1nc(C(NC(C)C)c2ccccc2C)sc1C.